The van der Waals surface area contributed by atoms with Gasteiger partial charge in [0.25, 0.3) is 0 Å². The number of hydrogen-bond acceptors (Lipinski definition) is 5. The van der Waals surface area contributed by atoms with E-state index in [1.165, 1.54) is 0 Å². The summed E-state index contributed by atoms with van der Waals surface area (Å²) in [7, 11) is 0. The SMILES string of the molecule is CCCOc1ccc(Oc2nc(NCC)ncc2Br)cc1. The molecule has 2 rings (SSSR count). The second-order valence-electron chi connectivity index (χ2n) is 4.30. The molecule has 0 radical (unpaired) electrons. The van der Waals surface area contributed by atoms with E-state index in [-0.39, 0.29) is 0 Å². The summed E-state index contributed by atoms with van der Waals surface area (Å²) in [6.07, 6.45) is 2.65. The van der Waals surface area contributed by atoms with Crippen LogP contribution in [0.3, 0.4) is 0 Å². The number of rotatable bonds is 7. The van der Waals surface area contributed by atoms with Crippen molar-refractivity contribution in [3.8, 4) is 17.4 Å². The van der Waals surface area contributed by atoms with Crippen LogP contribution < -0.4 is 14.8 Å². The maximum Gasteiger partial charge on any atom is 0.238 e. The second-order valence-corrected chi connectivity index (χ2v) is 5.15. The molecule has 112 valence electrons. The van der Waals surface area contributed by atoms with E-state index in [1.807, 2.05) is 31.2 Å². The molecule has 1 heterocycles. The lowest BCUT2D eigenvalue weighted by Crippen LogP contribution is -2.03. The molecule has 6 heteroatoms. The normalized spacial score (nSPS) is 10.2. The molecule has 21 heavy (non-hydrogen) atoms. The first-order chi connectivity index (χ1) is 10.2. The molecule has 0 unspecified atom stereocenters. The molecule has 1 N–H and O–H groups in total. The average Bonchev–Trinajstić information content (AvgIpc) is 2.50. The summed E-state index contributed by atoms with van der Waals surface area (Å²) in [5.74, 6) is 2.54. The maximum atomic E-state index is 5.76. The van der Waals surface area contributed by atoms with Crippen molar-refractivity contribution < 1.29 is 9.47 Å². The smallest absolute Gasteiger partial charge is 0.238 e. The maximum absolute atomic E-state index is 5.76. The van der Waals surface area contributed by atoms with Crippen LogP contribution in [0.4, 0.5) is 5.95 Å². The highest BCUT2D eigenvalue weighted by molar-refractivity contribution is 9.10. The number of benzene rings is 1. The summed E-state index contributed by atoms with van der Waals surface area (Å²) in [5, 5.41) is 3.05. The monoisotopic (exact) mass is 351 g/mol. The average molecular weight is 352 g/mol. The number of halogens is 1. The van der Waals surface area contributed by atoms with Crippen LogP contribution in [-0.2, 0) is 0 Å². The van der Waals surface area contributed by atoms with Crippen LogP contribution in [0.15, 0.2) is 34.9 Å². The Morgan fingerprint density at radius 3 is 2.52 bits per heavy atom. The van der Waals surface area contributed by atoms with Gasteiger partial charge in [0, 0.05) is 6.54 Å². The van der Waals surface area contributed by atoms with Crippen LogP contribution in [0, 0.1) is 0 Å². The second kappa shape index (κ2) is 7.83. The minimum Gasteiger partial charge on any atom is -0.494 e. The highest BCUT2D eigenvalue weighted by Gasteiger charge is 2.07. The summed E-state index contributed by atoms with van der Waals surface area (Å²) >= 11 is 3.39. The van der Waals surface area contributed by atoms with Crippen LogP contribution in [-0.4, -0.2) is 23.1 Å². The van der Waals surface area contributed by atoms with E-state index in [1.54, 1.807) is 6.20 Å². The Labute approximate surface area is 132 Å². The first-order valence-corrected chi connectivity index (χ1v) is 7.69. The van der Waals surface area contributed by atoms with Crippen molar-refractivity contribution in [3.63, 3.8) is 0 Å². The molecule has 2 aromatic rings. The Kier molecular flexibility index (Phi) is 5.80. The molecular weight excluding hydrogens is 334 g/mol. The number of nitrogens with zero attached hydrogens (tertiary/aromatic N) is 2. The third-order valence-electron chi connectivity index (χ3n) is 2.56. The lowest BCUT2D eigenvalue weighted by molar-refractivity contribution is 0.317. The Balaban J connectivity index is 2.08. The minimum absolute atomic E-state index is 0.475. The van der Waals surface area contributed by atoms with E-state index in [9.17, 15) is 0 Å². The van der Waals surface area contributed by atoms with Gasteiger partial charge in [0.15, 0.2) is 0 Å². The number of ether oxygens (including phenoxy) is 2. The van der Waals surface area contributed by atoms with Gasteiger partial charge in [-0.3, -0.25) is 0 Å². The highest BCUT2D eigenvalue weighted by atomic mass is 79.9. The van der Waals surface area contributed by atoms with Crippen LogP contribution in [0.1, 0.15) is 20.3 Å². The first kappa shape index (κ1) is 15.6. The number of aromatic nitrogens is 2. The molecule has 0 saturated carbocycles. The Bertz CT molecular complexity index is 576. The molecule has 0 atom stereocenters. The van der Waals surface area contributed by atoms with Gasteiger partial charge in [-0.2, -0.15) is 4.98 Å². The lowest BCUT2D eigenvalue weighted by Gasteiger charge is -2.09. The van der Waals surface area contributed by atoms with Crippen molar-refractivity contribution >= 4 is 21.9 Å². The van der Waals surface area contributed by atoms with Crippen LogP contribution >= 0.6 is 15.9 Å². The van der Waals surface area contributed by atoms with Crippen molar-refractivity contribution in [2.24, 2.45) is 0 Å². The van der Waals surface area contributed by atoms with E-state index >= 15 is 0 Å². The largest absolute Gasteiger partial charge is 0.494 e. The zero-order valence-corrected chi connectivity index (χ0v) is 13.7. The van der Waals surface area contributed by atoms with E-state index in [4.69, 9.17) is 9.47 Å². The third kappa shape index (κ3) is 4.60. The molecule has 0 aliphatic heterocycles. The fourth-order valence-corrected chi connectivity index (χ4v) is 1.87. The highest BCUT2D eigenvalue weighted by Crippen LogP contribution is 2.28. The summed E-state index contributed by atoms with van der Waals surface area (Å²) in [6.45, 7) is 5.53. The quantitative estimate of drug-likeness (QED) is 0.807. The molecule has 0 amide bonds. The predicted octanol–water partition coefficient (Wildman–Crippen LogP) is 4.25. The lowest BCUT2D eigenvalue weighted by atomic mass is 10.3. The molecule has 0 aliphatic rings. The topological polar surface area (TPSA) is 56.3 Å². The molecule has 1 aromatic heterocycles. The van der Waals surface area contributed by atoms with Gasteiger partial charge >= 0.3 is 0 Å². The minimum atomic E-state index is 0.475. The summed E-state index contributed by atoms with van der Waals surface area (Å²) in [4.78, 5) is 8.46. The Morgan fingerprint density at radius 1 is 1.14 bits per heavy atom. The molecule has 0 saturated heterocycles. The molecule has 0 aliphatic carbocycles. The van der Waals surface area contributed by atoms with Gasteiger partial charge in [0.05, 0.1) is 17.3 Å². The van der Waals surface area contributed by atoms with Gasteiger partial charge in [-0.1, -0.05) is 6.92 Å². The van der Waals surface area contributed by atoms with Gasteiger partial charge in [-0.05, 0) is 53.5 Å². The van der Waals surface area contributed by atoms with Crippen molar-refractivity contribution in [3.05, 3.63) is 34.9 Å². The van der Waals surface area contributed by atoms with E-state index in [2.05, 4.69) is 38.1 Å². The Morgan fingerprint density at radius 2 is 1.86 bits per heavy atom. The number of anilines is 1. The Hall–Kier alpha value is -1.82. The summed E-state index contributed by atoms with van der Waals surface area (Å²) < 4.78 is 12.0. The summed E-state index contributed by atoms with van der Waals surface area (Å²) in [6, 6.07) is 7.47. The van der Waals surface area contributed by atoms with E-state index in [0.29, 0.717) is 28.7 Å². The molecular formula is C15H18BrN3O2. The number of hydrogen-bond donors (Lipinski definition) is 1. The molecule has 0 bridgehead atoms. The first-order valence-electron chi connectivity index (χ1n) is 6.90. The predicted molar refractivity (Wildman–Crippen MR) is 86.2 cm³/mol. The van der Waals surface area contributed by atoms with Gasteiger partial charge < -0.3 is 14.8 Å². The van der Waals surface area contributed by atoms with Crippen molar-refractivity contribution in [1.29, 1.82) is 0 Å². The fraction of sp³-hybridized carbons (Fsp3) is 0.333. The number of nitrogens with one attached hydrogen (secondary N) is 1. The molecule has 0 spiro atoms. The van der Waals surface area contributed by atoms with Crippen LogP contribution in [0.5, 0.6) is 17.4 Å². The van der Waals surface area contributed by atoms with Gasteiger partial charge in [-0.15, -0.1) is 0 Å². The van der Waals surface area contributed by atoms with Crippen LogP contribution in [0.2, 0.25) is 0 Å². The molecule has 0 fully saturated rings. The third-order valence-corrected chi connectivity index (χ3v) is 3.10. The van der Waals surface area contributed by atoms with Gasteiger partial charge in [0.2, 0.25) is 11.8 Å². The fourth-order valence-electron chi connectivity index (χ4n) is 1.60. The van der Waals surface area contributed by atoms with Gasteiger partial charge in [0.1, 0.15) is 11.5 Å². The molecule has 1 aromatic carbocycles. The van der Waals surface area contributed by atoms with Gasteiger partial charge in [-0.25, -0.2) is 4.98 Å². The zero-order valence-electron chi connectivity index (χ0n) is 12.1. The van der Waals surface area contributed by atoms with Crippen molar-refractivity contribution in [2.45, 2.75) is 20.3 Å². The standard InChI is InChI=1S/C15H18BrN3O2/c1-3-9-20-11-5-7-12(8-6-11)21-14-13(16)10-18-15(19-14)17-4-2/h5-8,10H,3-4,9H2,1-2H3,(H,17,18,19). The summed E-state index contributed by atoms with van der Waals surface area (Å²) in [5.41, 5.74) is 0. The molecule has 5 nitrogen and oxygen atoms in total. The van der Waals surface area contributed by atoms with E-state index < -0.39 is 0 Å². The van der Waals surface area contributed by atoms with Crippen molar-refractivity contribution in [2.75, 3.05) is 18.5 Å². The van der Waals surface area contributed by atoms with E-state index in [0.717, 1.165) is 18.7 Å². The van der Waals surface area contributed by atoms with Crippen LogP contribution in [0.25, 0.3) is 0 Å². The van der Waals surface area contributed by atoms with Crippen molar-refractivity contribution in [1.82, 2.24) is 9.97 Å². The zero-order chi connectivity index (χ0) is 15.1.